The van der Waals surface area contributed by atoms with Crippen molar-refractivity contribution in [3.63, 3.8) is 0 Å². The molecule has 1 fully saturated rings. The molecule has 17 heavy (non-hydrogen) atoms. The molecule has 1 saturated carbocycles. The molecule has 0 atom stereocenters. The first-order chi connectivity index (χ1) is 8.19. The van der Waals surface area contributed by atoms with Crippen LogP contribution in [0.3, 0.4) is 0 Å². The number of nitrogen functional groups attached to an aromatic ring is 1. The van der Waals surface area contributed by atoms with E-state index >= 15 is 0 Å². The second-order valence-electron chi connectivity index (χ2n) is 5.00. The average Bonchev–Trinajstić information content (AvgIpc) is 2.34. The number of nitrogens with one attached hydrogen (secondary N) is 1. The van der Waals surface area contributed by atoms with Crippen molar-refractivity contribution in [1.82, 2.24) is 0 Å². The largest absolute Gasteiger partial charge is 0.397 e. The summed E-state index contributed by atoms with van der Waals surface area (Å²) >= 11 is 5.89. The van der Waals surface area contributed by atoms with Crippen molar-refractivity contribution >= 4 is 23.0 Å². The second-order valence-corrected chi connectivity index (χ2v) is 5.44. The summed E-state index contributed by atoms with van der Waals surface area (Å²) in [5.41, 5.74) is 7.71. The molecular formula is C14H21ClN2. The zero-order valence-corrected chi connectivity index (χ0v) is 11.1. The van der Waals surface area contributed by atoms with Gasteiger partial charge in [-0.2, -0.15) is 0 Å². The van der Waals surface area contributed by atoms with E-state index in [0.717, 1.165) is 17.3 Å². The molecule has 0 saturated heterocycles. The lowest BCUT2D eigenvalue weighted by molar-refractivity contribution is 0.330. The fourth-order valence-corrected chi connectivity index (χ4v) is 2.78. The van der Waals surface area contributed by atoms with Gasteiger partial charge >= 0.3 is 0 Å². The van der Waals surface area contributed by atoms with Crippen LogP contribution in [0.25, 0.3) is 0 Å². The summed E-state index contributed by atoms with van der Waals surface area (Å²) in [4.78, 5) is 0. The van der Waals surface area contributed by atoms with Crippen LogP contribution in [-0.4, -0.2) is 6.04 Å². The average molecular weight is 253 g/mol. The SMILES string of the molecule is CCC1CCC(Nc2ccc(Cl)cc2N)CC1. The van der Waals surface area contributed by atoms with E-state index in [9.17, 15) is 0 Å². The fraction of sp³-hybridized carbons (Fsp3) is 0.571. The first kappa shape index (κ1) is 12.6. The number of hydrogen-bond donors (Lipinski definition) is 2. The molecule has 0 heterocycles. The summed E-state index contributed by atoms with van der Waals surface area (Å²) in [6.07, 6.45) is 6.49. The quantitative estimate of drug-likeness (QED) is 0.787. The Kier molecular flexibility index (Phi) is 4.16. The Morgan fingerprint density at radius 3 is 2.59 bits per heavy atom. The van der Waals surface area contributed by atoms with Gasteiger partial charge in [-0.1, -0.05) is 24.9 Å². The van der Waals surface area contributed by atoms with Gasteiger partial charge in [0.2, 0.25) is 0 Å². The van der Waals surface area contributed by atoms with E-state index in [2.05, 4.69) is 12.2 Å². The summed E-state index contributed by atoms with van der Waals surface area (Å²) in [6.45, 7) is 2.29. The van der Waals surface area contributed by atoms with Crippen LogP contribution in [0, 0.1) is 5.92 Å². The van der Waals surface area contributed by atoms with Crippen molar-refractivity contribution in [2.75, 3.05) is 11.1 Å². The molecule has 0 bridgehead atoms. The number of anilines is 2. The summed E-state index contributed by atoms with van der Waals surface area (Å²) < 4.78 is 0. The lowest BCUT2D eigenvalue weighted by Gasteiger charge is -2.29. The van der Waals surface area contributed by atoms with Crippen molar-refractivity contribution in [3.05, 3.63) is 23.2 Å². The maximum atomic E-state index is 5.95. The standard InChI is InChI=1S/C14H21ClN2/c1-2-10-3-6-12(7-4-10)17-14-8-5-11(15)9-13(14)16/h5,8-10,12,17H,2-4,6-7,16H2,1H3. The highest BCUT2D eigenvalue weighted by Gasteiger charge is 2.20. The lowest BCUT2D eigenvalue weighted by Crippen LogP contribution is -2.26. The second kappa shape index (κ2) is 5.63. The summed E-state index contributed by atoms with van der Waals surface area (Å²) in [6, 6.07) is 6.24. The van der Waals surface area contributed by atoms with Gasteiger partial charge < -0.3 is 11.1 Å². The maximum Gasteiger partial charge on any atom is 0.0577 e. The van der Waals surface area contributed by atoms with Crippen molar-refractivity contribution in [2.24, 2.45) is 5.92 Å². The molecule has 0 spiro atoms. The highest BCUT2D eigenvalue weighted by molar-refractivity contribution is 6.31. The predicted molar refractivity (Wildman–Crippen MR) is 75.5 cm³/mol. The van der Waals surface area contributed by atoms with Gasteiger partial charge in [-0.15, -0.1) is 0 Å². The normalized spacial score (nSPS) is 24.6. The third kappa shape index (κ3) is 3.29. The third-order valence-electron chi connectivity index (χ3n) is 3.80. The third-order valence-corrected chi connectivity index (χ3v) is 4.03. The van der Waals surface area contributed by atoms with E-state index in [-0.39, 0.29) is 0 Å². The van der Waals surface area contributed by atoms with Gasteiger partial charge in [0.1, 0.15) is 0 Å². The highest BCUT2D eigenvalue weighted by Crippen LogP contribution is 2.30. The fourth-order valence-electron chi connectivity index (χ4n) is 2.60. The Labute approximate surface area is 109 Å². The zero-order chi connectivity index (χ0) is 12.3. The van der Waals surface area contributed by atoms with Crippen molar-refractivity contribution in [1.29, 1.82) is 0 Å². The summed E-state index contributed by atoms with van der Waals surface area (Å²) in [5, 5.41) is 4.23. The minimum absolute atomic E-state index is 0.571. The van der Waals surface area contributed by atoms with E-state index in [1.807, 2.05) is 18.2 Å². The van der Waals surface area contributed by atoms with E-state index in [1.165, 1.54) is 32.1 Å². The molecule has 1 aliphatic rings. The Hall–Kier alpha value is -0.890. The van der Waals surface area contributed by atoms with E-state index in [4.69, 9.17) is 17.3 Å². The molecule has 0 aromatic heterocycles. The zero-order valence-electron chi connectivity index (χ0n) is 10.4. The number of rotatable bonds is 3. The van der Waals surface area contributed by atoms with Gasteiger partial charge in [0.15, 0.2) is 0 Å². The minimum Gasteiger partial charge on any atom is -0.397 e. The number of nitrogens with two attached hydrogens (primary N) is 1. The van der Waals surface area contributed by atoms with Gasteiger partial charge in [-0.05, 0) is 49.8 Å². The van der Waals surface area contributed by atoms with Crippen molar-refractivity contribution in [2.45, 2.75) is 45.1 Å². The van der Waals surface area contributed by atoms with Gasteiger partial charge in [0.05, 0.1) is 11.4 Å². The molecule has 3 N–H and O–H groups in total. The van der Waals surface area contributed by atoms with Crippen LogP contribution < -0.4 is 11.1 Å². The Bertz CT molecular complexity index is 370. The van der Waals surface area contributed by atoms with Gasteiger partial charge in [-0.25, -0.2) is 0 Å². The van der Waals surface area contributed by atoms with Crippen LogP contribution in [0.15, 0.2) is 18.2 Å². The smallest absolute Gasteiger partial charge is 0.0577 e. The van der Waals surface area contributed by atoms with Crippen LogP contribution >= 0.6 is 11.6 Å². The molecule has 94 valence electrons. The predicted octanol–water partition coefficient (Wildman–Crippen LogP) is 4.30. The van der Waals surface area contributed by atoms with Crippen molar-refractivity contribution in [3.8, 4) is 0 Å². The molecule has 2 nitrogen and oxygen atoms in total. The van der Waals surface area contributed by atoms with Gasteiger partial charge in [0, 0.05) is 11.1 Å². The van der Waals surface area contributed by atoms with Gasteiger partial charge in [0.25, 0.3) is 0 Å². The van der Waals surface area contributed by atoms with Crippen molar-refractivity contribution < 1.29 is 0 Å². The van der Waals surface area contributed by atoms with E-state index in [1.54, 1.807) is 0 Å². The molecule has 1 aliphatic carbocycles. The van der Waals surface area contributed by atoms with E-state index < -0.39 is 0 Å². The minimum atomic E-state index is 0.571. The molecule has 0 radical (unpaired) electrons. The van der Waals surface area contributed by atoms with Gasteiger partial charge in [-0.3, -0.25) is 0 Å². The highest BCUT2D eigenvalue weighted by atomic mass is 35.5. The van der Waals surface area contributed by atoms with E-state index in [0.29, 0.717) is 11.1 Å². The molecule has 0 amide bonds. The molecule has 0 aliphatic heterocycles. The molecule has 1 aromatic rings. The molecular weight excluding hydrogens is 232 g/mol. The summed E-state index contributed by atoms with van der Waals surface area (Å²) in [7, 11) is 0. The summed E-state index contributed by atoms with van der Waals surface area (Å²) in [5.74, 6) is 0.926. The first-order valence-corrected chi connectivity index (χ1v) is 6.88. The van der Waals surface area contributed by atoms with Crippen LogP contribution in [0.5, 0.6) is 0 Å². The Balaban J connectivity index is 1.93. The molecule has 3 heteroatoms. The Morgan fingerprint density at radius 2 is 2.00 bits per heavy atom. The maximum absolute atomic E-state index is 5.95. The lowest BCUT2D eigenvalue weighted by atomic mass is 9.84. The van der Waals surface area contributed by atoms with Crippen LogP contribution in [-0.2, 0) is 0 Å². The molecule has 2 rings (SSSR count). The number of benzene rings is 1. The topological polar surface area (TPSA) is 38.0 Å². The molecule has 0 unspecified atom stereocenters. The van der Waals surface area contributed by atoms with Crippen LogP contribution in [0.2, 0.25) is 5.02 Å². The number of hydrogen-bond acceptors (Lipinski definition) is 2. The monoisotopic (exact) mass is 252 g/mol. The Morgan fingerprint density at radius 1 is 1.29 bits per heavy atom. The molecule has 1 aromatic carbocycles. The van der Waals surface area contributed by atoms with Crippen LogP contribution in [0.1, 0.15) is 39.0 Å². The number of halogens is 1. The van der Waals surface area contributed by atoms with Crippen LogP contribution in [0.4, 0.5) is 11.4 Å². The first-order valence-electron chi connectivity index (χ1n) is 6.50.